The molecular weight excluding hydrogens is 320 g/mol. The third kappa shape index (κ3) is 4.43. The van der Waals surface area contributed by atoms with E-state index in [4.69, 9.17) is 4.42 Å². The van der Waals surface area contributed by atoms with Gasteiger partial charge >= 0.3 is 12.1 Å². The SMILES string of the molecule is CCNC(=O)N1CC[C@@H](NC(=O)NCCc2cc3ccccc3o2)C1. The molecule has 1 aliphatic heterocycles. The molecule has 2 aromatic rings. The molecule has 0 bridgehead atoms. The molecule has 0 unspecified atom stereocenters. The highest BCUT2D eigenvalue weighted by molar-refractivity contribution is 5.78. The largest absolute Gasteiger partial charge is 0.461 e. The summed E-state index contributed by atoms with van der Waals surface area (Å²) < 4.78 is 5.72. The van der Waals surface area contributed by atoms with Gasteiger partial charge in [-0.1, -0.05) is 18.2 Å². The fraction of sp³-hybridized carbons (Fsp3) is 0.444. The van der Waals surface area contributed by atoms with E-state index in [0.29, 0.717) is 32.6 Å². The van der Waals surface area contributed by atoms with Crippen LogP contribution in [0.3, 0.4) is 0 Å². The average Bonchev–Trinajstić information content (AvgIpc) is 3.21. The van der Waals surface area contributed by atoms with Gasteiger partial charge in [0.25, 0.3) is 0 Å². The molecular formula is C18H24N4O3. The molecule has 1 aliphatic rings. The molecule has 1 atom stereocenters. The number of amides is 4. The third-order valence-corrected chi connectivity index (χ3v) is 4.27. The summed E-state index contributed by atoms with van der Waals surface area (Å²) in [7, 11) is 0. The first-order valence-corrected chi connectivity index (χ1v) is 8.70. The van der Waals surface area contributed by atoms with Crippen molar-refractivity contribution in [1.82, 2.24) is 20.9 Å². The summed E-state index contributed by atoms with van der Waals surface area (Å²) in [5.74, 6) is 0.852. The van der Waals surface area contributed by atoms with Gasteiger partial charge in [0.05, 0.1) is 0 Å². The van der Waals surface area contributed by atoms with Gasteiger partial charge in [-0.2, -0.15) is 0 Å². The number of nitrogens with zero attached hydrogens (tertiary/aromatic N) is 1. The Morgan fingerprint density at radius 3 is 2.92 bits per heavy atom. The number of fused-ring (bicyclic) bond motifs is 1. The van der Waals surface area contributed by atoms with Gasteiger partial charge in [-0.05, 0) is 25.5 Å². The number of rotatable bonds is 5. The molecule has 0 saturated carbocycles. The Hall–Kier alpha value is -2.70. The van der Waals surface area contributed by atoms with Gasteiger partial charge in [0, 0.05) is 44.0 Å². The number of hydrogen-bond acceptors (Lipinski definition) is 3. The molecule has 0 spiro atoms. The molecule has 1 saturated heterocycles. The number of nitrogens with one attached hydrogen (secondary N) is 3. The Balaban J connectivity index is 1.39. The van der Waals surface area contributed by atoms with Crippen LogP contribution >= 0.6 is 0 Å². The monoisotopic (exact) mass is 344 g/mol. The van der Waals surface area contributed by atoms with Crippen LogP contribution in [-0.2, 0) is 6.42 Å². The van der Waals surface area contributed by atoms with Crippen LogP contribution in [0.25, 0.3) is 11.0 Å². The first kappa shape index (κ1) is 17.1. The summed E-state index contributed by atoms with van der Waals surface area (Å²) in [5.41, 5.74) is 0.860. The van der Waals surface area contributed by atoms with Gasteiger partial charge in [0.2, 0.25) is 0 Å². The predicted molar refractivity (Wildman–Crippen MR) is 95.5 cm³/mol. The van der Waals surface area contributed by atoms with Crippen LogP contribution in [0.5, 0.6) is 0 Å². The minimum absolute atomic E-state index is 0.00573. The van der Waals surface area contributed by atoms with Crippen molar-refractivity contribution in [3.05, 3.63) is 36.1 Å². The highest BCUT2D eigenvalue weighted by atomic mass is 16.3. The maximum atomic E-state index is 12.0. The van der Waals surface area contributed by atoms with Crippen LogP contribution in [0.4, 0.5) is 9.59 Å². The summed E-state index contributed by atoms with van der Waals surface area (Å²) in [4.78, 5) is 25.5. The van der Waals surface area contributed by atoms with E-state index in [1.165, 1.54) is 0 Å². The van der Waals surface area contributed by atoms with E-state index in [1.54, 1.807) is 4.90 Å². The van der Waals surface area contributed by atoms with Crippen LogP contribution in [-0.4, -0.2) is 49.2 Å². The second-order valence-electron chi connectivity index (χ2n) is 6.17. The zero-order valence-corrected chi connectivity index (χ0v) is 14.4. The summed E-state index contributed by atoms with van der Waals surface area (Å²) in [6.07, 6.45) is 1.41. The zero-order valence-electron chi connectivity index (χ0n) is 14.4. The van der Waals surface area contributed by atoms with E-state index in [-0.39, 0.29) is 18.1 Å². The summed E-state index contributed by atoms with van der Waals surface area (Å²) in [6, 6.07) is 9.55. The average molecular weight is 344 g/mol. The summed E-state index contributed by atoms with van der Waals surface area (Å²) in [6.45, 7) is 4.20. The van der Waals surface area contributed by atoms with E-state index in [1.807, 2.05) is 37.3 Å². The molecule has 25 heavy (non-hydrogen) atoms. The van der Waals surface area contributed by atoms with Gasteiger partial charge in [-0.25, -0.2) is 9.59 Å². The van der Waals surface area contributed by atoms with Crippen molar-refractivity contribution < 1.29 is 14.0 Å². The van der Waals surface area contributed by atoms with Gasteiger partial charge in [-0.3, -0.25) is 0 Å². The molecule has 134 valence electrons. The zero-order chi connectivity index (χ0) is 17.6. The highest BCUT2D eigenvalue weighted by Gasteiger charge is 2.26. The minimum atomic E-state index is -0.209. The van der Waals surface area contributed by atoms with Gasteiger partial charge in [0.1, 0.15) is 11.3 Å². The molecule has 3 N–H and O–H groups in total. The van der Waals surface area contributed by atoms with E-state index in [0.717, 1.165) is 23.2 Å². The Kier molecular flexibility index (Phi) is 5.42. The highest BCUT2D eigenvalue weighted by Crippen LogP contribution is 2.18. The number of benzene rings is 1. The van der Waals surface area contributed by atoms with E-state index in [2.05, 4.69) is 16.0 Å². The number of hydrogen-bond donors (Lipinski definition) is 3. The molecule has 7 heteroatoms. The quantitative estimate of drug-likeness (QED) is 0.776. The standard InChI is InChI=1S/C18H24N4O3/c1-2-19-18(24)22-10-8-14(12-22)21-17(23)20-9-7-15-11-13-5-3-4-6-16(13)25-15/h3-6,11,14H,2,7-10,12H2,1H3,(H,19,24)(H2,20,21,23)/t14-/m1/s1. The number of carbonyl (C=O) groups excluding carboxylic acids is 2. The van der Waals surface area contributed by atoms with E-state index in [9.17, 15) is 9.59 Å². The smallest absolute Gasteiger partial charge is 0.317 e. The topological polar surface area (TPSA) is 86.6 Å². The molecule has 3 rings (SSSR count). The molecule has 1 fully saturated rings. The number of para-hydroxylation sites is 1. The van der Waals surface area contributed by atoms with Crippen molar-refractivity contribution in [2.45, 2.75) is 25.8 Å². The van der Waals surface area contributed by atoms with Crippen molar-refractivity contribution in [3.63, 3.8) is 0 Å². The van der Waals surface area contributed by atoms with Crippen LogP contribution < -0.4 is 16.0 Å². The maximum absolute atomic E-state index is 12.0. The number of furan rings is 1. The first-order chi connectivity index (χ1) is 12.2. The Morgan fingerprint density at radius 2 is 2.12 bits per heavy atom. The van der Waals surface area contributed by atoms with Crippen LogP contribution in [0.1, 0.15) is 19.1 Å². The van der Waals surface area contributed by atoms with Gasteiger partial charge in [-0.15, -0.1) is 0 Å². The molecule has 1 aromatic heterocycles. The number of urea groups is 2. The molecule has 7 nitrogen and oxygen atoms in total. The predicted octanol–water partition coefficient (Wildman–Crippen LogP) is 2.08. The lowest BCUT2D eigenvalue weighted by molar-refractivity contribution is 0.207. The van der Waals surface area contributed by atoms with Crippen LogP contribution in [0, 0.1) is 0 Å². The lowest BCUT2D eigenvalue weighted by Gasteiger charge is -2.17. The van der Waals surface area contributed by atoms with Crippen molar-refractivity contribution in [1.29, 1.82) is 0 Å². The number of carbonyl (C=O) groups is 2. The molecule has 4 amide bonds. The van der Waals surface area contributed by atoms with Crippen molar-refractivity contribution in [2.75, 3.05) is 26.2 Å². The molecule has 1 aromatic carbocycles. The maximum Gasteiger partial charge on any atom is 0.317 e. The van der Waals surface area contributed by atoms with Crippen LogP contribution in [0.2, 0.25) is 0 Å². The van der Waals surface area contributed by atoms with Crippen molar-refractivity contribution >= 4 is 23.0 Å². The van der Waals surface area contributed by atoms with Crippen LogP contribution in [0.15, 0.2) is 34.7 Å². The fourth-order valence-corrected chi connectivity index (χ4v) is 3.02. The second kappa shape index (κ2) is 7.92. The number of likely N-dealkylation sites (tertiary alicyclic amines) is 1. The Labute approximate surface area is 146 Å². The van der Waals surface area contributed by atoms with Gasteiger partial charge in [0.15, 0.2) is 0 Å². The van der Waals surface area contributed by atoms with Gasteiger partial charge < -0.3 is 25.3 Å². The minimum Gasteiger partial charge on any atom is -0.461 e. The summed E-state index contributed by atoms with van der Waals surface area (Å²) in [5, 5.41) is 9.60. The van der Waals surface area contributed by atoms with Crippen molar-refractivity contribution in [3.8, 4) is 0 Å². The van der Waals surface area contributed by atoms with Crippen molar-refractivity contribution in [2.24, 2.45) is 0 Å². The molecule has 0 aliphatic carbocycles. The second-order valence-corrected chi connectivity index (χ2v) is 6.17. The molecule has 0 radical (unpaired) electrons. The van der Waals surface area contributed by atoms with E-state index < -0.39 is 0 Å². The fourth-order valence-electron chi connectivity index (χ4n) is 3.02. The third-order valence-electron chi connectivity index (χ3n) is 4.27. The molecule has 2 heterocycles. The normalized spacial score (nSPS) is 16.8. The van der Waals surface area contributed by atoms with E-state index >= 15 is 0 Å². The Bertz CT molecular complexity index is 710. The Morgan fingerprint density at radius 1 is 1.28 bits per heavy atom. The first-order valence-electron chi connectivity index (χ1n) is 8.70. The lowest BCUT2D eigenvalue weighted by Crippen LogP contribution is -2.45. The summed E-state index contributed by atoms with van der Waals surface area (Å²) >= 11 is 0. The lowest BCUT2D eigenvalue weighted by atomic mass is 10.2.